The van der Waals surface area contributed by atoms with E-state index in [0.29, 0.717) is 18.2 Å². The van der Waals surface area contributed by atoms with Gasteiger partial charge >= 0.3 is 0 Å². The van der Waals surface area contributed by atoms with E-state index in [0.717, 1.165) is 29.8 Å². The molecule has 0 unspecified atom stereocenters. The van der Waals surface area contributed by atoms with Gasteiger partial charge < -0.3 is 0 Å². The number of aryl methyl sites for hydroxylation is 4. The van der Waals surface area contributed by atoms with Crippen LogP contribution in [0, 0.1) is 6.92 Å². The minimum Gasteiger partial charge on any atom is -0.294 e. The third-order valence-corrected chi connectivity index (χ3v) is 3.49. The summed E-state index contributed by atoms with van der Waals surface area (Å²) in [6, 6.07) is 0. The van der Waals surface area contributed by atoms with Crippen LogP contribution in [0.4, 0.5) is 5.95 Å². The van der Waals surface area contributed by atoms with E-state index < -0.39 is 0 Å². The second kappa shape index (κ2) is 6.07. The molecule has 2 aromatic rings. The van der Waals surface area contributed by atoms with E-state index in [4.69, 9.17) is 0 Å². The first kappa shape index (κ1) is 15.2. The zero-order valence-electron chi connectivity index (χ0n) is 13.3. The largest absolute Gasteiger partial charge is 0.294 e. The van der Waals surface area contributed by atoms with Crippen molar-refractivity contribution in [3.8, 4) is 0 Å². The van der Waals surface area contributed by atoms with Crippen LogP contribution in [0.15, 0.2) is 0 Å². The van der Waals surface area contributed by atoms with Gasteiger partial charge in [0.25, 0.3) is 0 Å². The van der Waals surface area contributed by atoms with Crippen molar-refractivity contribution in [2.45, 2.75) is 40.0 Å². The third kappa shape index (κ3) is 3.12. The summed E-state index contributed by atoms with van der Waals surface area (Å²) in [5.74, 6) is 1.01. The average molecular weight is 290 g/mol. The highest BCUT2D eigenvalue weighted by Crippen LogP contribution is 2.16. The Kier molecular flexibility index (Phi) is 4.40. The number of nitrogens with one attached hydrogen (secondary N) is 1. The van der Waals surface area contributed by atoms with Gasteiger partial charge in [-0.1, -0.05) is 13.8 Å². The maximum absolute atomic E-state index is 12.3. The number of nitrogens with zero attached hydrogens (tertiary/aromatic N) is 5. The van der Waals surface area contributed by atoms with Crippen molar-refractivity contribution >= 4 is 11.9 Å². The van der Waals surface area contributed by atoms with Crippen molar-refractivity contribution in [1.82, 2.24) is 24.5 Å². The van der Waals surface area contributed by atoms with Crippen molar-refractivity contribution in [2.24, 2.45) is 14.1 Å². The number of rotatable bonds is 5. The third-order valence-electron chi connectivity index (χ3n) is 3.49. The standard InChI is InChI=1S/C14H22N6O/c1-6-11-10(12(7-2)19(4)18-11)8-13(21)16-14-15-9(3)17-20(14)5/h6-8H2,1-5H3,(H,15,16,17,21). The second-order valence-electron chi connectivity index (χ2n) is 5.03. The van der Waals surface area contributed by atoms with Crippen molar-refractivity contribution in [3.05, 3.63) is 22.8 Å². The van der Waals surface area contributed by atoms with E-state index >= 15 is 0 Å². The van der Waals surface area contributed by atoms with Gasteiger partial charge in [0.2, 0.25) is 11.9 Å². The fraction of sp³-hybridized carbons (Fsp3) is 0.571. The number of carbonyl (C=O) groups excluding carboxylic acids is 1. The van der Waals surface area contributed by atoms with E-state index in [1.807, 2.05) is 11.7 Å². The van der Waals surface area contributed by atoms with Crippen LogP contribution >= 0.6 is 0 Å². The van der Waals surface area contributed by atoms with Crippen LogP contribution in [0.2, 0.25) is 0 Å². The molecule has 2 rings (SSSR count). The van der Waals surface area contributed by atoms with Crippen LogP contribution in [-0.2, 0) is 38.2 Å². The van der Waals surface area contributed by atoms with Gasteiger partial charge in [0.05, 0.1) is 12.1 Å². The number of hydrogen-bond acceptors (Lipinski definition) is 4. The first-order valence-corrected chi connectivity index (χ1v) is 7.17. The summed E-state index contributed by atoms with van der Waals surface area (Å²) >= 11 is 0. The lowest BCUT2D eigenvalue weighted by Gasteiger charge is -2.06. The lowest BCUT2D eigenvalue weighted by atomic mass is 10.1. The molecular weight excluding hydrogens is 268 g/mol. The topological polar surface area (TPSA) is 77.6 Å². The van der Waals surface area contributed by atoms with Gasteiger partial charge in [-0.2, -0.15) is 15.2 Å². The first-order valence-electron chi connectivity index (χ1n) is 7.17. The number of hydrogen-bond donors (Lipinski definition) is 1. The van der Waals surface area contributed by atoms with Gasteiger partial charge in [-0.05, 0) is 19.8 Å². The molecule has 0 saturated carbocycles. The molecule has 0 bridgehead atoms. The number of amides is 1. The molecule has 0 saturated heterocycles. The Morgan fingerprint density at radius 2 is 1.86 bits per heavy atom. The van der Waals surface area contributed by atoms with E-state index in [1.165, 1.54) is 0 Å². The lowest BCUT2D eigenvalue weighted by molar-refractivity contribution is -0.115. The zero-order valence-corrected chi connectivity index (χ0v) is 13.3. The number of aromatic nitrogens is 5. The Labute approximate surface area is 124 Å². The van der Waals surface area contributed by atoms with Gasteiger partial charge in [-0.25, -0.2) is 4.68 Å². The van der Waals surface area contributed by atoms with E-state index in [1.54, 1.807) is 18.7 Å². The van der Waals surface area contributed by atoms with Crippen LogP contribution < -0.4 is 5.32 Å². The van der Waals surface area contributed by atoms with Crippen LogP contribution in [-0.4, -0.2) is 30.5 Å². The van der Waals surface area contributed by atoms with Crippen LogP contribution in [0.5, 0.6) is 0 Å². The number of carbonyl (C=O) groups is 1. The second-order valence-corrected chi connectivity index (χ2v) is 5.03. The molecule has 0 aliphatic carbocycles. The minimum absolute atomic E-state index is 0.0945. The normalized spacial score (nSPS) is 10.9. The molecule has 0 aliphatic heterocycles. The molecule has 7 nitrogen and oxygen atoms in total. The molecule has 0 fully saturated rings. The predicted octanol–water partition coefficient (Wildman–Crippen LogP) is 1.16. The van der Waals surface area contributed by atoms with Crippen molar-refractivity contribution < 1.29 is 4.79 Å². The lowest BCUT2D eigenvalue weighted by Crippen LogP contribution is -2.18. The van der Waals surface area contributed by atoms with Gasteiger partial charge in [-0.15, -0.1) is 0 Å². The maximum atomic E-state index is 12.3. The van der Waals surface area contributed by atoms with Gasteiger partial charge in [-0.3, -0.25) is 14.8 Å². The summed E-state index contributed by atoms with van der Waals surface area (Å²) in [5, 5.41) is 11.4. The smallest absolute Gasteiger partial charge is 0.231 e. The highest BCUT2D eigenvalue weighted by molar-refractivity contribution is 5.91. The first-order chi connectivity index (χ1) is 9.96. The Balaban J connectivity index is 2.18. The summed E-state index contributed by atoms with van der Waals surface area (Å²) in [5.41, 5.74) is 3.12. The molecule has 1 N–H and O–H groups in total. The predicted molar refractivity (Wildman–Crippen MR) is 80.0 cm³/mol. The van der Waals surface area contributed by atoms with Crippen molar-refractivity contribution in [2.75, 3.05) is 5.32 Å². The van der Waals surface area contributed by atoms with E-state index in [-0.39, 0.29) is 5.91 Å². The van der Waals surface area contributed by atoms with Crippen LogP contribution in [0.25, 0.3) is 0 Å². The molecule has 114 valence electrons. The molecule has 0 atom stereocenters. The van der Waals surface area contributed by atoms with Crippen LogP contribution in [0.3, 0.4) is 0 Å². The quantitative estimate of drug-likeness (QED) is 0.896. The van der Waals surface area contributed by atoms with Crippen molar-refractivity contribution in [3.63, 3.8) is 0 Å². The fourth-order valence-electron chi connectivity index (χ4n) is 2.54. The molecule has 0 aromatic carbocycles. The molecular formula is C14H22N6O. The summed E-state index contributed by atoms with van der Waals surface area (Å²) < 4.78 is 3.44. The molecule has 7 heteroatoms. The summed E-state index contributed by atoms with van der Waals surface area (Å²) in [6.07, 6.45) is 1.99. The van der Waals surface area contributed by atoms with Gasteiger partial charge in [0, 0.05) is 25.4 Å². The average Bonchev–Trinajstić information content (AvgIpc) is 2.89. The maximum Gasteiger partial charge on any atom is 0.231 e. The van der Waals surface area contributed by atoms with Gasteiger partial charge in [0.1, 0.15) is 5.82 Å². The molecule has 1 amide bonds. The van der Waals surface area contributed by atoms with E-state index in [2.05, 4.69) is 34.3 Å². The van der Waals surface area contributed by atoms with Gasteiger partial charge in [0.15, 0.2) is 0 Å². The SMILES string of the molecule is CCc1nn(C)c(CC)c1CC(=O)Nc1nc(C)nn1C. The molecule has 2 heterocycles. The van der Waals surface area contributed by atoms with E-state index in [9.17, 15) is 4.79 Å². The fourth-order valence-corrected chi connectivity index (χ4v) is 2.54. The Morgan fingerprint density at radius 1 is 1.14 bits per heavy atom. The molecule has 0 aliphatic rings. The highest BCUT2D eigenvalue weighted by atomic mass is 16.1. The Hall–Kier alpha value is -2.18. The molecule has 0 radical (unpaired) electrons. The molecule has 0 spiro atoms. The van der Waals surface area contributed by atoms with Crippen molar-refractivity contribution in [1.29, 1.82) is 0 Å². The zero-order chi connectivity index (χ0) is 15.6. The minimum atomic E-state index is -0.0945. The molecule has 21 heavy (non-hydrogen) atoms. The monoisotopic (exact) mass is 290 g/mol. The Bertz CT molecular complexity index is 655. The summed E-state index contributed by atoms with van der Waals surface area (Å²) in [7, 11) is 3.68. The molecule has 2 aromatic heterocycles. The Morgan fingerprint density at radius 3 is 2.38 bits per heavy atom. The summed E-state index contributed by atoms with van der Waals surface area (Å²) in [4.78, 5) is 16.4. The van der Waals surface area contributed by atoms with Crippen LogP contribution in [0.1, 0.15) is 36.6 Å². The number of anilines is 1. The summed E-state index contributed by atoms with van der Waals surface area (Å²) in [6.45, 7) is 5.92. The highest BCUT2D eigenvalue weighted by Gasteiger charge is 2.18.